The second-order valence-corrected chi connectivity index (χ2v) is 3.85. The van der Waals surface area contributed by atoms with E-state index >= 15 is 0 Å². The molecule has 1 N–H and O–H groups in total. The van der Waals surface area contributed by atoms with Crippen molar-refractivity contribution in [2.24, 2.45) is 0 Å². The van der Waals surface area contributed by atoms with E-state index in [0.717, 1.165) is 0 Å². The standard InChI is InChI=1S/C11H13ClFNO/c1-6-4-8(12)7(2)10(11(6)13)9(15)5-14-3/h4,14H,5H2,1-3H3. The van der Waals surface area contributed by atoms with Crippen LogP contribution in [0.2, 0.25) is 5.02 Å². The van der Waals surface area contributed by atoms with Gasteiger partial charge in [-0.15, -0.1) is 0 Å². The first-order valence-corrected chi connectivity index (χ1v) is 4.99. The zero-order valence-electron chi connectivity index (χ0n) is 8.95. The fraction of sp³-hybridized carbons (Fsp3) is 0.364. The van der Waals surface area contributed by atoms with E-state index in [0.29, 0.717) is 16.1 Å². The molecule has 1 aromatic carbocycles. The Labute approximate surface area is 93.4 Å². The third kappa shape index (κ3) is 2.36. The molecule has 0 fully saturated rings. The maximum absolute atomic E-state index is 13.7. The van der Waals surface area contributed by atoms with E-state index in [4.69, 9.17) is 11.6 Å². The van der Waals surface area contributed by atoms with E-state index < -0.39 is 5.82 Å². The van der Waals surface area contributed by atoms with Crippen LogP contribution in [0.3, 0.4) is 0 Å². The SMILES string of the molecule is CNCC(=O)c1c(C)c(Cl)cc(C)c1F. The zero-order valence-corrected chi connectivity index (χ0v) is 9.70. The Kier molecular flexibility index (Phi) is 3.83. The number of carbonyl (C=O) groups excluding carboxylic acids is 1. The van der Waals surface area contributed by atoms with Gasteiger partial charge in [0.2, 0.25) is 0 Å². The number of nitrogens with one attached hydrogen (secondary N) is 1. The van der Waals surface area contributed by atoms with Crippen LogP contribution < -0.4 is 5.32 Å². The normalized spacial score (nSPS) is 10.5. The predicted molar refractivity (Wildman–Crippen MR) is 59.1 cm³/mol. The molecule has 0 aliphatic carbocycles. The summed E-state index contributed by atoms with van der Waals surface area (Å²) < 4.78 is 13.7. The summed E-state index contributed by atoms with van der Waals surface area (Å²) in [4.78, 5) is 11.6. The highest BCUT2D eigenvalue weighted by Crippen LogP contribution is 2.25. The molecule has 1 aromatic rings. The molecule has 0 saturated heterocycles. The molecule has 0 heterocycles. The summed E-state index contributed by atoms with van der Waals surface area (Å²) in [7, 11) is 1.64. The van der Waals surface area contributed by atoms with E-state index in [1.165, 1.54) is 6.07 Å². The van der Waals surface area contributed by atoms with Crippen LogP contribution in [0.5, 0.6) is 0 Å². The van der Waals surface area contributed by atoms with Gasteiger partial charge in [0.1, 0.15) is 5.82 Å². The molecule has 82 valence electrons. The lowest BCUT2D eigenvalue weighted by molar-refractivity contribution is 0.0989. The Bertz CT molecular complexity index is 378. The molecule has 1 rings (SSSR count). The van der Waals surface area contributed by atoms with Crippen molar-refractivity contribution in [2.75, 3.05) is 13.6 Å². The van der Waals surface area contributed by atoms with Crippen LogP contribution in [0.15, 0.2) is 6.07 Å². The highest BCUT2D eigenvalue weighted by molar-refractivity contribution is 6.32. The van der Waals surface area contributed by atoms with Crippen LogP contribution in [0.1, 0.15) is 21.5 Å². The van der Waals surface area contributed by atoms with Gasteiger partial charge >= 0.3 is 0 Å². The summed E-state index contributed by atoms with van der Waals surface area (Å²) in [6.45, 7) is 3.35. The van der Waals surface area contributed by atoms with Crippen molar-refractivity contribution in [3.05, 3.63) is 33.6 Å². The van der Waals surface area contributed by atoms with E-state index in [-0.39, 0.29) is 17.9 Å². The van der Waals surface area contributed by atoms with E-state index in [2.05, 4.69) is 5.32 Å². The molecule has 15 heavy (non-hydrogen) atoms. The summed E-state index contributed by atoms with van der Waals surface area (Å²) >= 11 is 5.90. The maximum atomic E-state index is 13.7. The second-order valence-electron chi connectivity index (χ2n) is 3.44. The Hall–Kier alpha value is -0.930. The summed E-state index contributed by atoms with van der Waals surface area (Å²) in [5.41, 5.74) is 0.986. The van der Waals surface area contributed by atoms with Crippen molar-refractivity contribution >= 4 is 17.4 Å². The van der Waals surface area contributed by atoms with Crippen molar-refractivity contribution in [2.45, 2.75) is 13.8 Å². The van der Waals surface area contributed by atoms with Gasteiger partial charge in [0.15, 0.2) is 5.78 Å². The van der Waals surface area contributed by atoms with Gasteiger partial charge in [0.25, 0.3) is 0 Å². The number of ketones is 1. The van der Waals surface area contributed by atoms with Crippen LogP contribution in [-0.2, 0) is 0 Å². The van der Waals surface area contributed by atoms with E-state index in [1.807, 2.05) is 0 Å². The topological polar surface area (TPSA) is 29.1 Å². The van der Waals surface area contributed by atoms with Crippen LogP contribution in [0, 0.1) is 19.7 Å². The average molecular weight is 230 g/mol. The Morgan fingerprint density at radius 1 is 1.53 bits per heavy atom. The first kappa shape index (κ1) is 12.1. The number of carbonyl (C=O) groups is 1. The van der Waals surface area contributed by atoms with E-state index in [1.54, 1.807) is 20.9 Å². The monoisotopic (exact) mass is 229 g/mol. The first-order valence-electron chi connectivity index (χ1n) is 4.62. The highest BCUT2D eigenvalue weighted by atomic mass is 35.5. The molecule has 4 heteroatoms. The number of aryl methyl sites for hydroxylation is 1. The number of likely N-dealkylation sites (N-methyl/N-ethyl adjacent to an activating group) is 1. The summed E-state index contributed by atoms with van der Waals surface area (Å²) in [6.07, 6.45) is 0. The average Bonchev–Trinajstić information content (AvgIpc) is 2.16. The Balaban J connectivity index is 3.32. The van der Waals surface area contributed by atoms with Crippen LogP contribution >= 0.6 is 11.6 Å². The number of halogens is 2. The van der Waals surface area contributed by atoms with Crippen LogP contribution in [0.4, 0.5) is 4.39 Å². The third-order valence-corrected chi connectivity index (χ3v) is 2.65. The quantitative estimate of drug-likeness (QED) is 0.807. The van der Waals surface area contributed by atoms with Crippen molar-refractivity contribution in [3.63, 3.8) is 0 Å². The minimum Gasteiger partial charge on any atom is -0.313 e. The van der Waals surface area contributed by atoms with Crippen LogP contribution in [0.25, 0.3) is 0 Å². The third-order valence-electron chi connectivity index (χ3n) is 2.26. The van der Waals surface area contributed by atoms with Gasteiger partial charge in [-0.1, -0.05) is 11.6 Å². The molecule has 0 radical (unpaired) electrons. The molecular formula is C11H13ClFNO. The van der Waals surface area contributed by atoms with Crippen molar-refractivity contribution < 1.29 is 9.18 Å². The molecule has 0 aromatic heterocycles. The largest absolute Gasteiger partial charge is 0.313 e. The number of benzene rings is 1. The van der Waals surface area contributed by atoms with Gasteiger partial charge in [-0.3, -0.25) is 4.79 Å². The van der Waals surface area contributed by atoms with Gasteiger partial charge < -0.3 is 5.32 Å². The fourth-order valence-corrected chi connectivity index (χ4v) is 1.68. The lowest BCUT2D eigenvalue weighted by Gasteiger charge is -2.10. The van der Waals surface area contributed by atoms with Gasteiger partial charge in [-0.2, -0.15) is 0 Å². The van der Waals surface area contributed by atoms with Crippen LogP contribution in [-0.4, -0.2) is 19.4 Å². The molecular weight excluding hydrogens is 217 g/mol. The lowest BCUT2D eigenvalue weighted by Crippen LogP contribution is -2.21. The zero-order chi connectivity index (χ0) is 11.6. The van der Waals surface area contributed by atoms with Gasteiger partial charge in [-0.05, 0) is 38.1 Å². The lowest BCUT2D eigenvalue weighted by atomic mass is 10.0. The Morgan fingerprint density at radius 3 is 2.67 bits per heavy atom. The number of Topliss-reactive ketones (excluding diaryl/α,β-unsaturated/α-hetero) is 1. The highest BCUT2D eigenvalue weighted by Gasteiger charge is 2.18. The number of hydrogen-bond donors (Lipinski definition) is 1. The summed E-state index contributed by atoms with van der Waals surface area (Å²) in [5, 5.41) is 3.12. The molecule has 0 atom stereocenters. The van der Waals surface area contributed by atoms with Crippen molar-refractivity contribution in [1.29, 1.82) is 0 Å². The Morgan fingerprint density at radius 2 is 2.13 bits per heavy atom. The summed E-state index contributed by atoms with van der Waals surface area (Å²) in [5.74, 6) is -0.754. The van der Waals surface area contributed by atoms with Crippen molar-refractivity contribution in [1.82, 2.24) is 5.32 Å². The molecule has 2 nitrogen and oxygen atoms in total. The molecule has 0 amide bonds. The second kappa shape index (κ2) is 4.73. The fourth-order valence-electron chi connectivity index (χ4n) is 1.42. The minimum absolute atomic E-state index is 0.0920. The van der Waals surface area contributed by atoms with Gasteiger partial charge in [0.05, 0.1) is 12.1 Å². The molecule has 0 aliphatic heterocycles. The van der Waals surface area contributed by atoms with Gasteiger partial charge in [0, 0.05) is 5.02 Å². The number of rotatable bonds is 3. The minimum atomic E-state index is -0.475. The molecule has 0 bridgehead atoms. The van der Waals surface area contributed by atoms with Gasteiger partial charge in [-0.25, -0.2) is 4.39 Å². The predicted octanol–water partition coefficient (Wildman–Crippen LogP) is 2.50. The smallest absolute Gasteiger partial charge is 0.179 e. The maximum Gasteiger partial charge on any atom is 0.179 e. The summed E-state index contributed by atoms with van der Waals surface area (Å²) in [6, 6.07) is 1.53. The molecule has 0 saturated carbocycles. The molecule has 0 spiro atoms. The number of hydrogen-bond acceptors (Lipinski definition) is 2. The molecule has 0 aliphatic rings. The van der Waals surface area contributed by atoms with Crippen molar-refractivity contribution in [3.8, 4) is 0 Å². The first-order chi connectivity index (χ1) is 6.99. The van der Waals surface area contributed by atoms with E-state index in [9.17, 15) is 9.18 Å². The molecule has 0 unspecified atom stereocenters.